The van der Waals surface area contributed by atoms with Gasteiger partial charge >= 0.3 is 149 Å². The van der Waals surface area contributed by atoms with Crippen LogP contribution in [0.2, 0.25) is 0 Å². The molecule has 2 aliphatic carbocycles. The number of benzene rings is 1. The molecule has 0 fully saturated rings. The van der Waals surface area contributed by atoms with Gasteiger partial charge in [-0.05, 0) is 0 Å². The van der Waals surface area contributed by atoms with Gasteiger partial charge in [0.15, 0.2) is 0 Å². The number of Topliss-reactive ketones (excluding diaryl/α,β-unsaturated/α-hetero) is 1. The van der Waals surface area contributed by atoms with Gasteiger partial charge in [0.05, 0.1) is 0 Å². The van der Waals surface area contributed by atoms with E-state index in [1.54, 1.807) is 6.07 Å². The molecule has 0 N–H and O–H groups in total. The van der Waals surface area contributed by atoms with Crippen molar-refractivity contribution < 1.29 is 9.18 Å². The van der Waals surface area contributed by atoms with Crippen molar-refractivity contribution >= 4 is 48.5 Å². The summed E-state index contributed by atoms with van der Waals surface area (Å²) < 4.78 is 15.6. The van der Waals surface area contributed by atoms with Crippen LogP contribution in [0.1, 0.15) is 55.7 Å². The standard InChI is InChI=1S/C18H19AsBrFO/c1-3-4-6-18-7-5-14(22)17(20)15(18)11-8-13(21)16(19)10(2)12(11)9-18/h8H,3-7,9H2,1-2H3. The van der Waals surface area contributed by atoms with E-state index < -0.39 is 0 Å². The van der Waals surface area contributed by atoms with Crippen LogP contribution in [0.15, 0.2) is 10.5 Å². The van der Waals surface area contributed by atoms with Gasteiger partial charge in [-0.3, -0.25) is 0 Å². The summed E-state index contributed by atoms with van der Waals surface area (Å²) in [4.78, 5) is 12.2. The van der Waals surface area contributed by atoms with E-state index in [1.165, 1.54) is 5.56 Å². The van der Waals surface area contributed by atoms with E-state index >= 15 is 0 Å². The van der Waals surface area contributed by atoms with Gasteiger partial charge < -0.3 is 0 Å². The van der Waals surface area contributed by atoms with Crippen molar-refractivity contribution in [3.63, 3.8) is 0 Å². The molecule has 4 heteroatoms. The van der Waals surface area contributed by atoms with Crippen molar-refractivity contribution in [1.29, 1.82) is 0 Å². The number of ketones is 1. The van der Waals surface area contributed by atoms with E-state index in [2.05, 4.69) is 39.7 Å². The third-order valence-electron chi connectivity index (χ3n) is 5.25. The Morgan fingerprint density at radius 1 is 1.45 bits per heavy atom. The first kappa shape index (κ1) is 16.5. The summed E-state index contributed by atoms with van der Waals surface area (Å²) >= 11 is 5.88. The molecule has 0 bridgehead atoms. The first-order chi connectivity index (χ1) is 10.4. The molecule has 0 saturated carbocycles. The Balaban J connectivity index is 2.23. The number of halogens is 2. The average molecular weight is 425 g/mol. The minimum atomic E-state index is -0.187. The molecule has 22 heavy (non-hydrogen) atoms. The van der Waals surface area contributed by atoms with Crippen LogP contribution in [-0.4, -0.2) is 22.6 Å². The predicted octanol–water partition coefficient (Wildman–Crippen LogP) is 4.13. The summed E-state index contributed by atoms with van der Waals surface area (Å²) in [5, 5.41) is 0. The summed E-state index contributed by atoms with van der Waals surface area (Å²) in [6.45, 7) is 4.19. The zero-order valence-corrected chi connectivity index (χ0v) is 16.4. The third kappa shape index (κ3) is 2.36. The molecule has 0 heterocycles. The first-order valence-corrected chi connectivity index (χ1v) is 9.59. The number of allylic oxidation sites excluding steroid dienone is 2. The van der Waals surface area contributed by atoms with Crippen molar-refractivity contribution in [2.45, 2.75) is 52.4 Å². The Morgan fingerprint density at radius 2 is 2.18 bits per heavy atom. The summed E-state index contributed by atoms with van der Waals surface area (Å²) in [7, 11) is 0. The predicted molar refractivity (Wildman–Crippen MR) is 92.3 cm³/mol. The summed E-state index contributed by atoms with van der Waals surface area (Å²) in [5.74, 6) is -0.0299. The Hall–Kier alpha value is -0.402. The van der Waals surface area contributed by atoms with Crippen LogP contribution in [0.3, 0.4) is 0 Å². The summed E-state index contributed by atoms with van der Waals surface area (Å²) in [5.41, 5.74) is 4.31. The normalized spacial score (nSPS) is 23.8. The molecule has 1 atom stereocenters. The third-order valence-corrected chi connectivity index (χ3v) is 7.24. The van der Waals surface area contributed by atoms with Gasteiger partial charge in [-0.25, -0.2) is 0 Å². The van der Waals surface area contributed by atoms with Crippen LogP contribution in [-0.2, 0) is 11.2 Å². The van der Waals surface area contributed by atoms with Gasteiger partial charge in [0.25, 0.3) is 0 Å². The molecule has 1 aromatic rings. The van der Waals surface area contributed by atoms with Gasteiger partial charge in [0.1, 0.15) is 0 Å². The molecule has 2 radical (unpaired) electrons. The van der Waals surface area contributed by atoms with Crippen molar-refractivity contribution in [3.05, 3.63) is 33.1 Å². The minimum absolute atomic E-state index is 0.0169. The monoisotopic (exact) mass is 424 g/mol. The SMILES string of the molecule is CCCCC12CCC(=O)C(Br)=C1c1cc(F)c([As])c(C)c1C2. The second-order valence-electron chi connectivity index (χ2n) is 6.53. The number of rotatable bonds is 3. The molecule has 0 aliphatic heterocycles. The first-order valence-electron chi connectivity index (χ1n) is 7.86. The Bertz CT molecular complexity index is 695. The number of hydrogen-bond donors (Lipinski definition) is 0. The van der Waals surface area contributed by atoms with Crippen LogP contribution >= 0.6 is 15.9 Å². The number of carbonyl (C=O) groups is 1. The fourth-order valence-corrected chi connectivity index (χ4v) is 5.24. The molecule has 2 aliphatic rings. The second-order valence-corrected chi connectivity index (χ2v) is 8.26. The number of hydrogen-bond acceptors (Lipinski definition) is 1. The van der Waals surface area contributed by atoms with Crippen molar-refractivity contribution in [3.8, 4) is 0 Å². The molecule has 0 amide bonds. The fourth-order valence-electron chi connectivity index (χ4n) is 3.99. The van der Waals surface area contributed by atoms with Crippen LogP contribution in [0, 0.1) is 18.2 Å². The molecule has 1 nitrogen and oxygen atoms in total. The van der Waals surface area contributed by atoms with E-state index in [1.807, 2.05) is 6.92 Å². The quantitative estimate of drug-likeness (QED) is 0.666. The Morgan fingerprint density at radius 3 is 2.86 bits per heavy atom. The van der Waals surface area contributed by atoms with Crippen LogP contribution in [0.5, 0.6) is 0 Å². The van der Waals surface area contributed by atoms with E-state index in [0.717, 1.165) is 48.8 Å². The molecule has 0 saturated heterocycles. The van der Waals surface area contributed by atoms with E-state index in [0.29, 0.717) is 15.3 Å². The molecule has 0 spiro atoms. The molecule has 1 aromatic carbocycles. The van der Waals surface area contributed by atoms with E-state index in [4.69, 9.17) is 0 Å². The van der Waals surface area contributed by atoms with Crippen molar-refractivity contribution in [2.24, 2.45) is 5.41 Å². The topological polar surface area (TPSA) is 17.1 Å². The summed E-state index contributed by atoms with van der Waals surface area (Å²) in [6.07, 6.45) is 5.78. The van der Waals surface area contributed by atoms with Gasteiger partial charge in [-0.15, -0.1) is 0 Å². The maximum absolute atomic E-state index is 14.3. The van der Waals surface area contributed by atoms with E-state index in [-0.39, 0.29) is 17.0 Å². The average Bonchev–Trinajstić information content (AvgIpc) is 2.82. The number of fused-ring (bicyclic) bond motifs is 3. The van der Waals surface area contributed by atoms with Gasteiger partial charge in [-0.1, -0.05) is 0 Å². The molecule has 0 aromatic heterocycles. The van der Waals surface area contributed by atoms with Gasteiger partial charge in [0.2, 0.25) is 0 Å². The van der Waals surface area contributed by atoms with E-state index in [9.17, 15) is 9.18 Å². The van der Waals surface area contributed by atoms with Crippen LogP contribution < -0.4 is 4.35 Å². The molecule has 116 valence electrons. The maximum atomic E-state index is 14.3. The zero-order valence-electron chi connectivity index (χ0n) is 12.9. The van der Waals surface area contributed by atoms with Gasteiger partial charge in [-0.2, -0.15) is 0 Å². The number of carbonyl (C=O) groups excluding carboxylic acids is 1. The zero-order chi connectivity index (χ0) is 16.1. The van der Waals surface area contributed by atoms with Crippen molar-refractivity contribution in [1.82, 2.24) is 0 Å². The number of unbranched alkanes of at least 4 members (excludes halogenated alkanes) is 1. The fraction of sp³-hybridized carbons (Fsp3) is 0.500. The van der Waals surface area contributed by atoms with Gasteiger partial charge in [0, 0.05) is 0 Å². The molecule has 3 rings (SSSR count). The molecular weight excluding hydrogens is 406 g/mol. The summed E-state index contributed by atoms with van der Waals surface area (Å²) in [6, 6.07) is 1.64. The van der Waals surface area contributed by atoms with Crippen molar-refractivity contribution in [2.75, 3.05) is 0 Å². The van der Waals surface area contributed by atoms with Crippen LogP contribution in [0.4, 0.5) is 4.39 Å². The second kappa shape index (κ2) is 5.91. The Kier molecular flexibility index (Phi) is 4.42. The molecule has 1 unspecified atom stereocenters. The Labute approximate surface area is 148 Å². The molecular formula is C18H19AsBrFO. The van der Waals surface area contributed by atoms with Crippen LogP contribution in [0.25, 0.3) is 5.57 Å².